The first-order valence-corrected chi connectivity index (χ1v) is 7.26. The maximum atomic E-state index is 6.03. The molecular formula is C16H20ClN3. The molecule has 20 heavy (non-hydrogen) atoms. The van der Waals surface area contributed by atoms with Crippen LogP contribution in [0.4, 0.5) is 5.82 Å². The average Bonchev–Trinajstić information content (AvgIpc) is 2.47. The normalized spacial score (nSPS) is 12.3. The monoisotopic (exact) mass is 289 g/mol. The second-order valence-electron chi connectivity index (χ2n) is 4.76. The molecule has 2 aromatic rings. The van der Waals surface area contributed by atoms with E-state index in [0.29, 0.717) is 10.8 Å². The van der Waals surface area contributed by atoms with Gasteiger partial charge in [0.2, 0.25) is 0 Å². The molecule has 0 bridgehead atoms. The van der Waals surface area contributed by atoms with E-state index >= 15 is 0 Å². The molecule has 0 saturated heterocycles. The molecule has 1 unspecified atom stereocenters. The molecule has 3 N–H and O–H groups in total. The fourth-order valence-electron chi connectivity index (χ4n) is 2.31. The number of nitrogens with one attached hydrogen (secondary N) is 1. The summed E-state index contributed by atoms with van der Waals surface area (Å²) in [6.45, 7) is 2.97. The highest BCUT2D eigenvalue weighted by Crippen LogP contribution is 2.25. The van der Waals surface area contributed by atoms with Gasteiger partial charge in [-0.15, -0.1) is 0 Å². The lowest BCUT2D eigenvalue weighted by Gasteiger charge is -2.19. The Morgan fingerprint density at radius 3 is 2.75 bits per heavy atom. The van der Waals surface area contributed by atoms with Crippen molar-refractivity contribution in [1.82, 2.24) is 10.3 Å². The summed E-state index contributed by atoms with van der Waals surface area (Å²) in [5.74, 6) is 0.549. The lowest BCUT2D eigenvalue weighted by molar-refractivity contribution is 0.515. The number of hydrogen-bond donors (Lipinski definition) is 2. The third-order valence-electron chi connectivity index (χ3n) is 3.31. The van der Waals surface area contributed by atoms with E-state index in [4.69, 9.17) is 17.3 Å². The Hall–Kier alpha value is -1.58. The predicted octanol–water partition coefficient (Wildman–Crippen LogP) is 3.60. The Morgan fingerprint density at radius 2 is 2.05 bits per heavy atom. The zero-order chi connectivity index (χ0) is 14.4. The predicted molar refractivity (Wildman–Crippen MR) is 84.8 cm³/mol. The van der Waals surface area contributed by atoms with E-state index in [-0.39, 0.29) is 6.04 Å². The maximum absolute atomic E-state index is 6.03. The van der Waals surface area contributed by atoms with Crippen molar-refractivity contribution in [3.8, 4) is 0 Å². The minimum Gasteiger partial charge on any atom is -0.383 e. The molecule has 3 nitrogen and oxygen atoms in total. The summed E-state index contributed by atoms with van der Waals surface area (Å²) in [5, 5.41) is 4.08. The van der Waals surface area contributed by atoms with Gasteiger partial charge in [0.1, 0.15) is 5.82 Å². The Labute approximate surface area is 125 Å². The molecule has 106 valence electrons. The van der Waals surface area contributed by atoms with Gasteiger partial charge in [0.05, 0.1) is 5.02 Å². The summed E-state index contributed by atoms with van der Waals surface area (Å²) in [7, 11) is 0. The van der Waals surface area contributed by atoms with Gasteiger partial charge in [-0.05, 0) is 31.0 Å². The summed E-state index contributed by atoms with van der Waals surface area (Å²) in [6, 6.07) is 12.5. The number of nitrogens with zero attached hydrogens (tertiary/aromatic N) is 1. The van der Waals surface area contributed by atoms with Gasteiger partial charge in [-0.3, -0.25) is 0 Å². The number of nitrogen functional groups attached to an aromatic ring is 1. The van der Waals surface area contributed by atoms with Crippen molar-refractivity contribution in [2.24, 2.45) is 0 Å². The number of pyridine rings is 1. The second kappa shape index (κ2) is 7.27. The number of halogens is 1. The molecule has 4 heteroatoms. The van der Waals surface area contributed by atoms with Crippen LogP contribution in [-0.2, 0) is 6.42 Å². The van der Waals surface area contributed by atoms with Crippen LogP contribution in [-0.4, -0.2) is 11.5 Å². The minimum absolute atomic E-state index is 0.173. The highest BCUT2D eigenvalue weighted by atomic mass is 35.5. The average molecular weight is 290 g/mol. The first-order chi connectivity index (χ1) is 9.70. The molecule has 0 aliphatic rings. The van der Waals surface area contributed by atoms with Crippen molar-refractivity contribution in [3.05, 3.63) is 58.7 Å². The minimum atomic E-state index is 0.173. The largest absolute Gasteiger partial charge is 0.383 e. The van der Waals surface area contributed by atoms with Crippen LogP contribution in [0.1, 0.15) is 30.5 Å². The van der Waals surface area contributed by atoms with Crippen LogP contribution in [0.15, 0.2) is 42.6 Å². The van der Waals surface area contributed by atoms with Gasteiger partial charge >= 0.3 is 0 Å². The SMILES string of the molecule is CCNC(CCc1ccccc1)c1cc(Cl)cnc1N. The van der Waals surface area contributed by atoms with Gasteiger partial charge in [0, 0.05) is 17.8 Å². The Kier molecular flexibility index (Phi) is 5.39. The molecule has 1 atom stereocenters. The fourth-order valence-corrected chi connectivity index (χ4v) is 2.48. The van der Waals surface area contributed by atoms with Crippen LogP contribution in [0, 0.1) is 0 Å². The first-order valence-electron chi connectivity index (χ1n) is 6.89. The van der Waals surface area contributed by atoms with E-state index in [2.05, 4.69) is 41.5 Å². The number of benzene rings is 1. The molecule has 0 saturated carbocycles. The van der Waals surface area contributed by atoms with Crippen molar-refractivity contribution < 1.29 is 0 Å². The maximum Gasteiger partial charge on any atom is 0.128 e. The molecule has 0 aliphatic heterocycles. The van der Waals surface area contributed by atoms with Crippen LogP contribution in [0.2, 0.25) is 5.02 Å². The molecule has 0 aliphatic carbocycles. The van der Waals surface area contributed by atoms with Gasteiger partial charge in [-0.25, -0.2) is 4.98 Å². The van der Waals surface area contributed by atoms with E-state index in [1.807, 2.05) is 12.1 Å². The number of hydrogen-bond acceptors (Lipinski definition) is 3. The van der Waals surface area contributed by atoms with E-state index in [1.54, 1.807) is 6.20 Å². The van der Waals surface area contributed by atoms with E-state index in [1.165, 1.54) is 5.56 Å². The molecule has 0 fully saturated rings. The van der Waals surface area contributed by atoms with Crippen molar-refractivity contribution in [2.75, 3.05) is 12.3 Å². The Morgan fingerprint density at radius 1 is 1.30 bits per heavy atom. The van der Waals surface area contributed by atoms with Gasteiger partial charge in [0.25, 0.3) is 0 Å². The van der Waals surface area contributed by atoms with Gasteiger partial charge < -0.3 is 11.1 Å². The highest BCUT2D eigenvalue weighted by molar-refractivity contribution is 6.30. The smallest absolute Gasteiger partial charge is 0.128 e. The molecule has 1 aromatic carbocycles. The standard InChI is InChI=1S/C16H20ClN3/c1-2-19-15(9-8-12-6-4-3-5-7-12)14-10-13(17)11-20-16(14)18/h3-7,10-11,15,19H,2,8-9H2,1H3,(H2,18,20). The Balaban J connectivity index is 2.12. The number of aromatic nitrogens is 1. The first kappa shape index (κ1) is 14.8. The molecular weight excluding hydrogens is 270 g/mol. The second-order valence-corrected chi connectivity index (χ2v) is 5.20. The van der Waals surface area contributed by atoms with Crippen molar-refractivity contribution in [1.29, 1.82) is 0 Å². The summed E-state index contributed by atoms with van der Waals surface area (Å²) in [6.07, 6.45) is 3.54. The van der Waals surface area contributed by atoms with E-state index < -0.39 is 0 Å². The molecule has 0 amide bonds. The van der Waals surface area contributed by atoms with Gasteiger partial charge in [-0.2, -0.15) is 0 Å². The van der Waals surface area contributed by atoms with Crippen LogP contribution >= 0.6 is 11.6 Å². The molecule has 2 rings (SSSR count). The summed E-state index contributed by atoms with van der Waals surface area (Å²) in [4.78, 5) is 4.14. The van der Waals surface area contributed by atoms with Crippen molar-refractivity contribution in [3.63, 3.8) is 0 Å². The van der Waals surface area contributed by atoms with Crippen LogP contribution < -0.4 is 11.1 Å². The number of nitrogens with two attached hydrogens (primary N) is 1. The van der Waals surface area contributed by atoms with Crippen LogP contribution in [0.25, 0.3) is 0 Å². The summed E-state index contributed by atoms with van der Waals surface area (Å²) < 4.78 is 0. The highest BCUT2D eigenvalue weighted by Gasteiger charge is 2.14. The van der Waals surface area contributed by atoms with Crippen molar-refractivity contribution in [2.45, 2.75) is 25.8 Å². The van der Waals surface area contributed by atoms with E-state index in [9.17, 15) is 0 Å². The molecule has 1 aromatic heterocycles. The van der Waals surface area contributed by atoms with Crippen LogP contribution in [0.3, 0.4) is 0 Å². The zero-order valence-corrected chi connectivity index (χ0v) is 12.4. The number of anilines is 1. The van der Waals surface area contributed by atoms with E-state index in [0.717, 1.165) is 24.9 Å². The zero-order valence-electron chi connectivity index (χ0n) is 11.6. The molecule has 1 heterocycles. The number of rotatable bonds is 6. The fraction of sp³-hybridized carbons (Fsp3) is 0.312. The molecule has 0 spiro atoms. The van der Waals surface area contributed by atoms with Crippen LogP contribution in [0.5, 0.6) is 0 Å². The third kappa shape index (κ3) is 3.95. The van der Waals surface area contributed by atoms with Gasteiger partial charge in [-0.1, -0.05) is 48.9 Å². The van der Waals surface area contributed by atoms with Gasteiger partial charge in [0.15, 0.2) is 0 Å². The quantitative estimate of drug-likeness (QED) is 0.854. The summed E-state index contributed by atoms with van der Waals surface area (Å²) >= 11 is 6.03. The lowest BCUT2D eigenvalue weighted by atomic mass is 9.99. The topological polar surface area (TPSA) is 50.9 Å². The lowest BCUT2D eigenvalue weighted by Crippen LogP contribution is -2.23. The Bertz CT molecular complexity index is 543. The third-order valence-corrected chi connectivity index (χ3v) is 3.51. The molecule has 0 radical (unpaired) electrons. The number of aryl methyl sites for hydroxylation is 1. The van der Waals surface area contributed by atoms with Crippen molar-refractivity contribution >= 4 is 17.4 Å². The summed E-state index contributed by atoms with van der Waals surface area (Å²) in [5.41, 5.74) is 8.28.